The summed E-state index contributed by atoms with van der Waals surface area (Å²) in [5.74, 6) is 0. The number of allylic oxidation sites excluding steroid dienone is 8. The first-order valence-corrected chi connectivity index (χ1v) is 8.24. The van der Waals surface area contributed by atoms with Gasteiger partial charge in [0.15, 0.2) is 0 Å². The van der Waals surface area contributed by atoms with Crippen molar-refractivity contribution in [1.29, 1.82) is 0 Å². The van der Waals surface area contributed by atoms with E-state index in [1.165, 1.54) is 43.3 Å². The minimum atomic E-state index is 0. The molecule has 0 bridgehead atoms. The molecular weight excluding hydrogens is 366 g/mol. The summed E-state index contributed by atoms with van der Waals surface area (Å²) in [6, 6.07) is 0. The van der Waals surface area contributed by atoms with E-state index in [4.69, 9.17) is 0 Å². The van der Waals surface area contributed by atoms with Crippen LogP contribution in [0.5, 0.6) is 0 Å². The van der Waals surface area contributed by atoms with Crippen LogP contribution in [0.1, 0.15) is 51.4 Å². The van der Waals surface area contributed by atoms with Crippen molar-refractivity contribution in [2.45, 2.75) is 51.4 Å². The fraction of sp³-hybridized carbons (Fsp3) is 0.471. The van der Waals surface area contributed by atoms with Crippen molar-refractivity contribution in [3.05, 3.63) is 47.6 Å². The van der Waals surface area contributed by atoms with E-state index in [1.54, 1.807) is 27.4 Å². The van der Waals surface area contributed by atoms with E-state index in [2.05, 4.69) is 36.5 Å². The summed E-state index contributed by atoms with van der Waals surface area (Å²) in [6.07, 6.45) is 24.8. The third-order valence-corrected chi connectivity index (χ3v) is 4.72. The molecule has 1 fully saturated rings. The maximum atomic E-state index is 3.32. The van der Waals surface area contributed by atoms with E-state index in [0.717, 1.165) is 19.3 Å². The van der Waals surface area contributed by atoms with Gasteiger partial charge in [-0.25, -0.2) is 11.6 Å². The molecule has 0 atom stereocenters. The summed E-state index contributed by atoms with van der Waals surface area (Å²) in [4.78, 5) is 0. The first-order chi connectivity index (χ1) is 8.84. The van der Waals surface area contributed by atoms with Gasteiger partial charge in [0.1, 0.15) is 0 Å². The summed E-state index contributed by atoms with van der Waals surface area (Å²) < 4.78 is 1.80. The molecule has 108 valence electrons. The SMILES string of the molecule is [C-]1=C(CC2=CC=CC2)C=CC1.[Cl-].[Cl-].[Zr+2]=[C]1CCCCC1. The molecule has 0 amide bonds. The molecule has 0 N–H and O–H groups in total. The van der Waals surface area contributed by atoms with Crippen molar-refractivity contribution in [2.75, 3.05) is 0 Å². The maximum absolute atomic E-state index is 3.32. The van der Waals surface area contributed by atoms with Crippen LogP contribution < -0.4 is 24.8 Å². The van der Waals surface area contributed by atoms with Crippen LogP contribution >= 0.6 is 0 Å². The van der Waals surface area contributed by atoms with E-state index in [1.807, 2.05) is 0 Å². The standard InChI is InChI=1S/C11H11.C6H10.2ClH.Zr/c1-2-6-10(5-1)9-11-7-3-4-8-11;1-2-4-6-5-3-1;;;/h1-3,5,7H,4,6,9H2;1-5H2;2*1H;/q-1;;;;+2/p-2. The van der Waals surface area contributed by atoms with Crippen LogP contribution in [0.3, 0.4) is 0 Å². The van der Waals surface area contributed by atoms with Gasteiger partial charge in [-0.1, -0.05) is 23.8 Å². The summed E-state index contributed by atoms with van der Waals surface area (Å²) in [5, 5.41) is 0. The van der Waals surface area contributed by atoms with Crippen molar-refractivity contribution in [3.63, 3.8) is 0 Å². The Balaban J connectivity index is 0.000000356. The van der Waals surface area contributed by atoms with Crippen molar-refractivity contribution < 1.29 is 49.0 Å². The van der Waals surface area contributed by atoms with Gasteiger partial charge in [-0.15, -0.1) is 6.42 Å². The molecule has 0 radical (unpaired) electrons. The van der Waals surface area contributed by atoms with E-state index in [-0.39, 0.29) is 24.8 Å². The molecule has 3 rings (SSSR count). The zero-order chi connectivity index (χ0) is 12.6. The quantitative estimate of drug-likeness (QED) is 0.513. The summed E-state index contributed by atoms with van der Waals surface area (Å²) in [7, 11) is 0. The van der Waals surface area contributed by atoms with Crippen LogP contribution in [-0.4, -0.2) is 3.21 Å². The van der Waals surface area contributed by atoms with Crippen LogP contribution in [-0.2, 0) is 24.2 Å². The first kappa shape index (κ1) is 20.3. The van der Waals surface area contributed by atoms with Crippen LogP contribution in [0.4, 0.5) is 0 Å². The van der Waals surface area contributed by atoms with E-state index in [0.29, 0.717) is 0 Å². The second kappa shape index (κ2) is 11.9. The average Bonchev–Trinajstić information content (AvgIpc) is 3.05. The second-order valence-corrected chi connectivity index (χ2v) is 6.84. The second-order valence-electron chi connectivity index (χ2n) is 5.11. The Labute approximate surface area is 150 Å². The average molecular weight is 387 g/mol. The van der Waals surface area contributed by atoms with Crippen LogP contribution in [0.25, 0.3) is 0 Å². The Morgan fingerprint density at radius 2 is 1.80 bits per heavy atom. The van der Waals surface area contributed by atoms with Crippen molar-refractivity contribution in [1.82, 2.24) is 0 Å². The summed E-state index contributed by atoms with van der Waals surface area (Å²) >= 11 is 1.69. The van der Waals surface area contributed by atoms with Crippen molar-refractivity contribution >= 4 is 3.21 Å². The number of hydrogen-bond acceptors (Lipinski definition) is 0. The first-order valence-electron chi connectivity index (χ1n) is 7.02. The van der Waals surface area contributed by atoms with Crippen LogP contribution in [0.15, 0.2) is 41.5 Å². The minimum absolute atomic E-state index is 0. The molecule has 0 unspecified atom stereocenters. The van der Waals surface area contributed by atoms with Crippen molar-refractivity contribution in [2.24, 2.45) is 0 Å². The fourth-order valence-electron chi connectivity index (χ4n) is 2.42. The van der Waals surface area contributed by atoms with E-state index >= 15 is 0 Å². The summed E-state index contributed by atoms with van der Waals surface area (Å²) in [6.45, 7) is 0. The molecule has 3 aliphatic rings. The van der Waals surface area contributed by atoms with Crippen LogP contribution in [0.2, 0.25) is 0 Å². The molecule has 0 aromatic heterocycles. The van der Waals surface area contributed by atoms with Gasteiger partial charge in [-0.05, 0) is 12.8 Å². The number of halogens is 2. The van der Waals surface area contributed by atoms with Crippen LogP contribution in [0, 0.1) is 6.08 Å². The van der Waals surface area contributed by atoms with Gasteiger partial charge < -0.3 is 24.8 Å². The van der Waals surface area contributed by atoms with Gasteiger partial charge in [0.25, 0.3) is 0 Å². The molecule has 0 aliphatic heterocycles. The molecular formula is C17H21Cl2Zr-. The molecule has 0 heterocycles. The van der Waals surface area contributed by atoms with Gasteiger partial charge >= 0.3 is 59.5 Å². The van der Waals surface area contributed by atoms with Crippen molar-refractivity contribution in [3.8, 4) is 0 Å². The van der Waals surface area contributed by atoms with Gasteiger partial charge in [-0.2, -0.15) is 6.08 Å². The van der Waals surface area contributed by atoms with E-state index < -0.39 is 0 Å². The Hall–Kier alpha value is 0.293. The normalized spacial score (nSPS) is 19.4. The Morgan fingerprint density at radius 1 is 1.05 bits per heavy atom. The third kappa shape index (κ3) is 7.91. The molecule has 0 saturated heterocycles. The molecule has 0 spiro atoms. The number of hydrogen-bond donors (Lipinski definition) is 0. The Morgan fingerprint density at radius 3 is 2.25 bits per heavy atom. The molecule has 3 heteroatoms. The Kier molecular flexibility index (Phi) is 12.1. The molecule has 20 heavy (non-hydrogen) atoms. The molecule has 0 aromatic rings. The zero-order valence-corrected chi connectivity index (χ0v) is 15.8. The van der Waals surface area contributed by atoms with Gasteiger partial charge in [0.05, 0.1) is 0 Å². The monoisotopic (exact) mass is 385 g/mol. The Bertz CT molecular complexity index is 409. The summed E-state index contributed by atoms with van der Waals surface area (Å²) in [5.41, 5.74) is 2.87. The third-order valence-electron chi connectivity index (χ3n) is 3.49. The molecule has 0 nitrogen and oxygen atoms in total. The molecule has 3 aliphatic carbocycles. The number of rotatable bonds is 2. The van der Waals surface area contributed by atoms with Gasteiger partial charge in [-0.3, -0.25) is 6.08 Å². The van der Waals surface area contributed by atoms with E-state index in [9.17, 15) is 0 Å². The predicted octanol–water partition coefficient (Wildman–Crippen LogP) is -1.37. The van der Waals surface area contributed by atoms with Gasteiger partial charge in [0, 0.05) is 0 Å². The topological polar surface area (TPSA) is 0 Å². The zero-order valence-electron chi connectivity index (χ0n) is 11.8. The molecule has 0 aromatic carbocycles. The predicted molar refractivity (Wildman–Crippen MR) is 75.1 cm³/mol. The molecule has 1 saturated carbocycles. The van der Waals surface area contributed by atoms with Gasteiger partial charge in [0.2, 0.25) is 0 Å². The fourth-order valence-corrected chi connectivity index (χ4v) is 3.29.